The number of nitrogens with two attached hydrogens (primary N) is 1. The van der Waals surface area contributed by atoms with Crippen molar-refractivity contribution in [3.8, 4) is 5.75 Å². The van der Waals surface area contributed by atoms with Gasteiger partial charge in [0.05, 0.1) is 7.11 Å². The van der Waals surface area contributed by atoms with Gasteiger partial charge < -0.3 is 25.2 Å². The number of methoxy groups -OCH3 is 1. The second-order valence-electron chi connectivity index (χ2n) is 2.52. The molecule has 0 spiro atoms. The number of carbonyl (C=O) groups is 1. The summed E-state index contributed by atoms with van der Waals surface area (Å²) in [6, 6.07) is 2.58. The molecule has 1 aromatic rings. The predicted molar refractivity (Wildman–Crippen MR) is 50.8 cm³/mol. The summed E-state index contributed by atoms with van der Waals surface area (Å²) in [4.78, 5) is 14.7. The summed E-state index contributed by atoms with van der Waals surface area (Å²) in [6.45, 7) is 0. The van der Waals surface area contributed by atoms with Crippen LogP contribution in [0.4, 0.5) is 5.82 Å². The lowest BCUT2D eigenvalue weighted by Crippen LogP contribution is -2.21. The number of hydrogen-bond acceptors (Lipinski definition) is 7. The molecule has 4 N–H and O–H groups in total. The number of pyridine rings is 1. The number of carbonyl (C=O) groups excluding carboxylic acids is 1. The first kappa shape index (κ1) is 11.3. The van der Waals surface area contributed by atoms with Gasteiger partial charge in [-0.3, -0.25) is 0 Å². The third-order valence-corrected chi connectivity index (χ3v) is 1.51. The Morgan fingerprint density at radius 2 is 2.20 bits per heavy atom. The highest BCUT2D eigenvalue weighted by atomic mass is 16.6. The normalized spacial score (nSPS) is 9.53. The van der Waals surface area contributed by atoms with Gasteiger partial charge >= 0.3 is 13.3 Å². The maximum Gasteiger partial charge on any atom is 0.707 e. The van der Waals surface area contributed by atoms with E-state index in [0.717, 1.165) is 0 Å². The summed E-state index contributed by atoms with van der Waals surface area (Å²) in [5, 5.41) is 17.0. The van der Waals surface area contributed by atoms with Crippen molar-refractivity contribution in [1.82, 2.24) is 4.98 Å². The van der Waals surface area contributed by atoms with Crippen molar-refractivity contribution in [3.63, 3.8) is 0 Å². The molecule has 0 aliphatic heterocycles. The maximum atomic E-state index is 11.0. The van der Waals surface area contributed by atoms with Gasteiger partial charge in [-0.15, -0.1) is 0 Å². The standard InChI is InChI=1S/C7H9BN2O5/c1-14-7(11)4-2-3-5(6(9)10-4)15-8(12)13/h2-3,12-13H,1H3,(H2,9,10). The summed E-state index contributed by atoms with van der Waals surface area (Å²) in [5.41, 5.74) is 5.41. The average molecular weight is 212 g/mol. The van der Waals surface area contributed by atoms with Crippen LogP contribution in [0.25, 0.3) is 0 Å². The number of nitrogens with zero attached hydrogens (tertiary/aromatic N) is 1. The molecule has 80 valence electrons. The lowest BCUT2D eigenvalue weighted by atomic mass is 10.2. The first-order chi connectivity index (χ1) is 7.04. The fraction of sp³-hybridized carbons (Fsp3) is 0.143. The number of nitrogen functional groups attached to an aromatic ring is 1. The van der Waals surface area contributed by atoms with Crippen molar-refractivity contribution in [3.05, 3.63) is 17.8 Å². The summed E-state index contributed by atoms with van der Waals surface area (Å²) in [7, 11) is -0.777. The van der Waals surface area contributed by atoms with Gasteiger partial charge in [-0.1, -0.05) is 0 Å². The van der Waals surface area contributed by atoms with E-state index < -0.39 is 13.3 Å². The maximum absolute atomic E-state index is 11.0. The van der Waals surface area contributed by atoms with Crippen molar-refractivity contribution in [2.45, 2.75) is 0 Å². The summed E-state index contributed by atoms with van der Waals surface area (Å²) >= 11 is 0. The minimum Gasteiger partial charge on any atom is -0.509 e. The fourth-order valence-electron chi connectivity index (χ4n) is 0.894. The van der Waals surface area contributed by atoms with Crippen LogP contribution in [-0.2, 0) is 4.74 Å². The lowest BCUT2D eigenvalue weighted by Gasteiger charge is -2.07. The van der Waals surface area contributed by atoms with Crippen LogP contribution in [0.5, 0.6) is 5.75 Å². The molecule has 0 aliphatic rings. The molecule has 15 heavy (non-hydrogen) atoms. The zero-order valence-electron chi connectivity index (χ0n) is 7.88. The molecule has 1 rings (SSSR count). The van der Waals surface area contributed by atoms with Gasteiger partial charge in [-0.05, 0) is 12.1 Å². The molecular formula is C7H9BN2O5. The van der Waals surface area contributed by atoms with Crippen molar-refractivity contribution >= 4 is 19.1 Å². The molecule has 7 nitrogen and oxygen atoms in total. The first-order valence-corrected chi connectivity index (χ1v) is 3.92. The van der Waals surface area contributed by atoms with Gasteiger partial charge in [-0.2, -0.15) is 0 Å². The second-order valence-corrected chi connectivity index (χ2v) is 2.52. The van der Waals surface area contributed by atoms with E-state index in [1.807, 2.05) is 0 Å². The van der Waals surface area contributed by atoms with Gasteiger partial charge in [0.1, 0.15) is 5.75 Å². The Labute approximate surface area is 85.6 Å². The Bertz CT molecular complexity index is 370. The third kappa shape index (κ3) is 2.83. The molecule has 0 fully saturated rings. The van der Waals surface area contributed by atoms with E-state index in [0.29, 0.717) is 0 Å². The summed E-state index contributed by atoms with van der Waals surface area (Å²) in [6.07, 6.45) is 0. The molecule has 0 bridgehead atoms. The van der Waals surface area contributed by atoms with Crippen LogP contribution in [0.2, 0.25) is 0 Å². The molecule has 0 radical (unpaired) electrons. The van der Waals surface area contributed by atoms with Crippen molar-refractivity contribution in [1.29, 1.82) is 0 Å². The van der Waals surface area contributed by atoms with E-state index in [4.69, 9.17) is 15.8 Å². The fourth-order valence-corrected chi connectivity index (χ4v) is 0.894. The van der Waals surface area contributed by atoms with Crippen molar-refractivity contribution < 1.29 is 24.2 Å². The number of rotatable bonds is 3. The molecule has 1 heterocycles. The highest BCUT2D eigenvalue weighted by molar-refractivity contribution is 6.33. The quantitative estimate of drug-likeness (QED) is 0.425. The van der Waals surface area contributed by atoms with Crippen LogP contribution in [0.3, 0.4) is 0 Å². The highest BCUT2D eigenvalue weighted by Crippen LogP contribution is 2.19. The number of anilines is 1. The van der Waals surface area contributed by atoms with E-state index >= 15 is 0 Å². The number of esters is 1. The molecule has 0 unspecified atom stereocenters. The number of ether oxygens (including phenoxy) is 1. The first-order valence-electron chi connectivity index (χ1n) is 3.92. The van der Waals surface area contributed by atoms with Gasteiger partial charge in [0, 0.05) is 0 Å². The van der Waals surface area contributed by atoms with E-state index in [1.54, 1.807) is 0 Å². The Morgan fingerprint density at radius 1 is 1.53 bits per heavy atom. The molecule has 8 heteroatoms. The molecule has 0 aliphatic carbocycles. The Kier molecular flexibility index (Phi) is 3.48. The van der Waals surface area contributed by atoms with Crippen molar-refractivity contribution in [2.75, 3.05) is 12.8 Å². The smallest absolute Gasteiger partial charge is 0.509 e. The molecule has 0 aromatic carbocycles. The minimum atomic E-state index is -1.99. The molecular weight excluding hydrogens is 203 g/mol. The van der Waals surface area contributed by atoms with E-state index in [-0.39, 0.29) is 17.3 Å². The third-order valence-electron chi connectivity index (χ3n) is 1.51. The minimum absolute atomic E-state index is 0.00906. The van der Waals surface area contributed by atoms with E-state index in [2.05, 4.69) is 14.4 Å². The number of aromatic nitrogens is 1. The SMILES string of the molecule is COC(=O)c1ccc(OB(O)O)c(N)n1. The van der Waals surface area contributed by atoms with Gasteiger partial charge in [0.25, 0.3) is 0 Å². The van der Waals surface area contributed by atoms with Crippen LogP contribution in [-0.4, -0.2) is 35.4 Å². The van der Waals surface area contributed by atoms with E-state index in [1.165, 1.54) is 19.2 Å². The van der Waals surface area contributed by atoms with Crippen molar-refractivity contribution in [2.24, 2.45) is 0 Å². The molecule has 0 atom stereocenters. The Hall–Kier alpha value is -1.80. The van der Waals surface area contributed by atoms with Gasteiger partial charge in [0.2, 0.25) is 0 Å². The van der Waals surface area contributed by atoms with Crippen LogP contribution < -0.4 is 10.4 Å². The largest absolute Gasteiger partial charge is 0.707 e. The molecule has 0 saturated heterocycles. The predicted octanol–water partition coefficient (Wildman–Crippen LogP) is -1.20. The second kappa shape index (κ2) is 4.62. The average Bonchev–Trinajstić information content (AvgIpc) is 2.19. The van der Waals surface area contributed by atoms with E-state index in [9.17, 15) is 4.79 Å². The molecule has 1 aromatic heterocycles. The lowest BCUT2D eigenvalue weighted by molar-refractivity contribution is 0.0594. The van der Waals surface area contributed by atoms with Gasteiger partial charge in [-0.25, -0.2) is 9.78 Å². The van der Waals surface area contributed by atoms with Gasteiger partial charge in [0.15, 0.2) is 11.5 Å². The molecule has 0 saturated carbocycles. The van der Waals surface area contributed by atoms with Crippen LogP contribution in [0.1, 0.15) is 10.5 Å². The molecule has 0 amide bonds. The van der Waals surface area contributed by atoms with Crippen LogP contribution in [0.15, 0.2) is 12.1 Å². The Morgan fingerprint density at radius 3 is 2.67 bits per heavy atom. The van der Waals surface area contributed by atoms with Crippen LogP contribution >= 0.6 is 0 Å². The Balaban J connectivity index is 2.93. The van der Waals surface area contributed by atoms with Crippen LogP contribution in [0, 0.1) is 0 Å². The topological polar surface area (TPSA) is 115 Å². The zero-order chi connectivity index (χ0) is 11.4. The number of hydrogen-bond donors (Lipinski definition) is 3. The summed E-state index contributed by atoms with van der Waals surface area (Å²) < 4.78 is 8.90. The zero-order valence-corrected chi connectivity index (χ0v) is 7.88. The summed E-state index contributed by atoms with van der Waals surface area (Å²) in [5.74, 6) is -0.804. The highest BCUT2D eigenvalue weighted by Gasteiger charge is 2.16. The monoisotopic (exact) mass is 212 g/mol.